The van der Waals surface area contributed by atoms with E-state index in [2.05, 4.69) is 20.3 Å². The Morgan fingerprint density at radius 1 is 1.50 bits per heavy atom. The Bertz CT molecular complexity index is 436. The average Bonchev–Trinajstić information content (AvgIpc) is 2.49. The number of rotatable bonds is 3. The van der Waals surface area contributed by atoms with Crippen LogP contribution in [0.4, 0.5) is 0 Å². The predicted molar refractivity (Wildman–Crippen MR) is 61.4 cm³/mol. The van der Waals surface area contributed by atoms with Crippen LogP contribution in [0.25, 0.3) is 0 Å². The van der Waals surface area contributed by atoms with Gasteiger partial charge >= 0.3 is 0 Å². The number of thiophene rings is 1. The Kier molecular flexibility index (Phi) is 3.68. The lowest BCUT2D eigenvalue weighted by Gasteiger charge is -2.01. The van der Waals surface area contributed by atoms with Crippen LogP contribution in [0, 0.1) is 0 Å². The van der Waals surface area contributed by atoms with E-state index in [-0.39, 0.29) is 4.21 Å². The van der Waals surface area contributed by atoms with Crippen LogP contribution in [0.1, 0.15) is 0 Å². The molecular weight excluding hydrogens is 288 g/mol. The first-order chi connectivity index (χ1) is 6.42. The summed E-state index contributed by atoms with van der Waals surface area (Å²) in [5, 5.41) is 0. The normalized spacial score (nSPS) is 12.2. The number of hydrogen-bond acceptors (Lipinski definition) is 3. The maximum Gasteiger partial charge on any atom is 0.293 e. The molecule has 0 radical (unpaired) electrons. The van der Waals surface area contributed by atoms with Crippen LogP contribution < -0.4 is 0 Å². The lowest BCUT2D eigenvalue weighted by atomic mass is 10.7. The molecule has 0 N–H and O–H groups in total. The maximum atomic E-state index is 11.5. The van der Waals surface area contributed by atoms with Crippen LogP contribution in [0.5, 0.6) is 0 Å². The first kappa shape index (κ1) is 11.7. The van der Waals surface area contributed by atoms with E-state index >= 15 is 0 Å². The third kappa shape index (κ3) is 3.07. The van der Waals surface area contributed by atoms with Gasteiger partial charge in [-0.1, -0.05) is 0 Å². The summed E-state index contributed by atoms with van der Waals surface area (Å²) < 4.78 is 27.5. The molecule has 0 aliphatic heterocycles. The van der Waals surface area contributed by atoms with Crippen molar-refractivity contribution in [2.24, 2.45) is 4.40 Å². The predicted octanol–water partition coefficient (Wildman–Crippen LogP) is 1.79. The molecule has 7 heteroatoms. The fourth-order valence-electron chi connectivity index (χ4n) is 0.645. The minimum absolute atomic E-state index is 0.238. The van der Waals surface area contributed by atoms with E-state index in [1.807, 2.05) is 0 Å². The van der Waals surface area contributed by atoms with Gasteiger partial charge in [0.1, 0.15) is 10.5 Å². The van der Waals surface area contributed by atoms with E-state index in [0.29, 0.717) is 0 Å². The van der Waals surface area contributed by atoms with E-state index in [4.69, 9.17) is 0 Å². The second-order valence-corrected chi connectivity index (χ2v) is 7.04. The van der Waals surface area contributed by atoms with E-state index in [9.17, 15) is 8.42 Å². The zero-order valence-electron chi connectivity index (χ0n) is 7.64. The summed E-state index contributed by atoms with van der Waals surface area (Å²) in [6, 6.07) is 3.21. The van der Waals surface area contributed by atoms with Gasteiger partial charge in [0, 0.05) is 14.1 Å². The molecule has 0 spiro atoms. The van der Waals surface area contributed by atoms with Gasteiger partial charge in [0.2, 0.25) is 0 Å². The molecule has 0 unspecified atom stereocenters. The van der Waals surface area contributed by atoms with Gasteiger partial charge in [-0.05, 0) is 28.1 Å². The molecule has 78 valence electrons. The highest BCUT2D eigenvalue weighted by molar-refractivity contribution is 9.11. The van der Waals surface area contributed by atoms with Gasteiger partial charge in [0.15, 0.2) is 0 Å². The largest absolute Gasteiger partial charge is 0.368 e. The first-order valence-corrected chi connectivity index (χ1v) is 6.69. The summed E-state index contributed by atoms with van der Waals surface area (Å²) in [7, 11) is -0.0949. The van der Waals surface area contributed by atoms with Crippen LogP contribution in [-0.4, -0.2) is 33.8 Å². The third-order valence-electron chi connectivity index (χ3n) is 1.22. The fraction of sp³-hybridized carbons (Fsp3) is 0.286. The summed E-state index contributed by atoms with van der Waals surface area (Å²) in [4.78, 5) is 1.57. The van der Waals surface area contributed by atoms with Crippen molar-refractivity contribution in [2.75, 3.05) is 14.1 Å². The Morgan fingerprint density at radius 3 is 2.57 bits per heavy atom. The second-order valence-electron chi connectivity index (χ2n) is 2.72. The summed E-state index contributed by atoms with van der Waals surface area (Å²) in [5.74, 6) is 0. The Morgan fingerprint density at radius 2 is 2.14 bits per heavy atom. The van der Waals surface area contributed by atoms with Crippen molar-refractivity contribution in [3.8, 4) is 0 Å². The van der Waals surface area contributed by atoms with Crippen molar-refractivity contribution in [2.45, 2.75) is 4.21 Å². The summed E-state index contributed by atoms with van der Waals surface area (Å²) >= 11 is 4.34. The van der Waals surface area contributed by atoms with Crippen molar-refractivity contribution in [1.29, 1.82) is 0 Å². The van der Waals surface area contributed by atoms with E-state index in [1.54, 1.807) is 25.1 Å². The molecule has 1 aromatic heterocycles. The highest BCUT2D eigenvalue weighted by Crippen LogP contribution is 2.26. The average molecular weight is 297 g/mol. The van der Waals surface area contributed by atoms with Crippen LogP contribution in [0.2, 0.25) is 0 Å². The molecular formula is C7H9BrN2O2S2. The molecule has 0 amide bonds. The summed E-state index contributed by atoms with van der Waals surface area (Å²) in [6.07, 6.45) is 1.27. The Balaban J connectivity index is 2.98. The minimum atomic E-state index is -3.52. The quantitative estimate of drug-likeness (QED) is 0.631. The van der Waals surface area contributed by atoms with Crippen molar-refractivity contribution in [3.05, 3.63) is 15.9 Å². The van der Waals surface area contributed by atoms with Gasteiger partial charge in [-0.15, -0.1) is 15.7 Å². The van der Waals surface area contributed by atoms with Gasteiger partial charge in [0.05, 0.1) is 3.79 Å². The van der Waals surface area contributed by atoms with Crippen LogP contribution in [0.15, 0.2) is 24.5 Å². The molecule has 1 heterocycles. The SMILES string of the molecule is CN(C)/C=N/S(=O)(=O)c1ccc(Br)s1. The molecule has 0 saturated heterocycles. The van der Waals surface area contributed by atoms with E-state index in [1.165, 1.54) is 12.4 Å². The summed E-state index contributed by atoms with van der Waals surface area (Å²) in [6.45, 7) is 0. The molecule has 1 rings (SSSR count). The highest BCUT2D eigenvalue weighted by Gasteiger charge is 2.14. The Hall–Kier alpha value is -0.400. The smallest absolute Gasteiger partial charge is 0.293 e. The van der Waals surface area contributed by atoms with E-state index in [0.717, 1.165) is 15.1 Å². The fourth-order valence-corrected chi connectivity index (χ4v) is 3.56. The topological polar surface area (TPSA) is 49.7 Å². The summed E-state index contributed by atoms with van der Waals surface area (Å²) in [5.41, 5.74) is 0. The van der Waals surface area contributed by atoms with Crippen LogP contribution in [0.3, 0.4) is 0 Å². The van der Waals surface area contributed by atoms with Crippen molar-refractivity contribution < 1.29 is 8.42 Å². The van der Waals surface area contributed by atoms with Gasteiger partial charge < -0.3 is 4.90 Å². The van der Waals surface area contributed by atoms with Gasteiger partial charge in [-0.25, -0.2) is 0 Å². The van der Waals surface area contributed by atoms with Gasteiger partial charge in [0.25, 0.3) is 10.0 Å². The lowest BCUT2D eigenvalue weighted by molar-refractivity contribution is 0.596. The zero-order chi connectivity index (χ0) is 10.8. The maximum absolute atomic E-state index is 11.5. The molecule has 0 aliphatic carbocycles. The van der Waals surface area contributed by atoms with Gasteiger partial charge in [-0.3, -0.25) is 0 Å². The first-order valence-electron chi connectivity index (χ1n) is 3.64. The van der Waals surface area contributed by atoms with Crippen LogP contribution >= 0.6 is 27.3 Å². The Labute approximate surface area is 95.5 Å². The molecule has 0 aliphatic rings. The molecule has 14 heavy (non-hydrogen) atoms. The van der Waals surface area contributed by atoms with E-state index < -0.39 is 10.0 Å². The van der Waals surface area contributed by atoms with Crippen molar-refractivity contribution in [3.63, 3.8) is 0 Å². The standard InChI is InChI=1S/C7H9BrN2O2S2/c1-10(2)5-9-14(11,12)7-4-3-6(8)13-7/h3-5H,1-2H3/b9-5+. The number of hydrogen-bond donors (Lipinski definition) is 0. The molecule has 0 fully saturated rings. The minimum Gasteiger partial charge on any atom is -0.368 e. The molecule has 1 aromatic rings. The molecule has 0 aromatic carbocycles. The monoisotopic (exact) mass is 296 g/mol. The number of nitrogens with zero attached hydrogens (tertiary/aromatic N) is 2. The van der Waals surface area contributed by atoms with Crippen molar-refractivity contribution in [1.82, 2.24) is 4.90 Å². The highest BCUT2D eigenvalue weighted by atomic mass is 79.9. The third-order valence-corrected chi connectivity index (χ3v) is 4.54. The zero-order valence-corrected chi connectivity index (χ0v) is 10.9. The molecule has 4 nitrogen and oxygen atoms in total. The second kappa shape index (κ2) is 4.41. The van der Waals surface area contributed by atoms with Crippen LogP contribution in [-0.2, 0) is 10.0 Å². The molecule has 0 saturated carbocycles. The van der Waals surface area contributed by atoms with Crippen molar-refractivity contribution >= 4 is 43.6 Å². The molecule has 0 atom stereocenters. The molecule has 0 bridgehead atoms. The number of sulfonamides is 1. The number of halogens is 1. The van der Waals surface area contributed by atoms with Gasteiger partial charge in [-0.2, -0.15) is 8.42 Å². The lowest BCUT2D eigenvalue weighted by Crippen LogP contribution is -2.09.